The molecule has 124 valence electrons. The van der Waals surface area contributed by atoms with Crippen LogP contribution in [0.15, 0.2) is 12.1 Å². The van der Waals surface area contributed by atoms with E-state index >= 15 is 0 Å². The van der Waals surface area contributed by atoms with Crippen molar-refractivity contribution in [3.8, 4) is 0 Å². The minimum atomic E-state index is -3.66. The number of hydrogen-bond donors (Lipinski definition) is 3. The maximum atomic E-state index is 11.6. The highest BCUT2D eigenvalue weighted by Crippen LogP contribution is 2.33. The molecule has 10 heteroatoms. The Balaban J connectivity index is 2.40. The summed E-state index contributed by atoms with van der Waals surface area (Å²) < 4.78 is 23.9. The second-order valence-electron chi connectivity index (χ2n) is 4.89. The van der Waals surface area contributed by atoms with Gasteiger partial charge in [0.2, 0.25) is 15.9 Å². The average molecular weight is 379 g/mol. The molecule has 0 saturated heterocycles. The molecule has 3 N–H and O–H groups in total. The first kappa shape index (κ1) is 17.6. The number of halogens is 2. The first-order valence-corrected chi connectivity index (χ1v) is 8.96. The molecule has 0 aliphatic heterocycles. The number of fused-ring (bicyclic) bond motifs is 1. The Morgan fingerprint density at radius 1 is 1.30 bits per heavy atom. The summed E-state index contributed by atoms with van der Waals surface area (Å²) in [5.74, 6) is -1.95. The summed E-state index contributed by atoms with van der Waals surface area (Å²) in [4.78, 5) is 25.7. The highest BCUT2D eigenvalue weighted by Gasteiger charge is 2.20. The van der Waals surface area contributed by atoms with Gasteiger partial charge in [-0.15, -0.1) is 0 Å². The highest BCUT2D eigenvalue weighted by molar-refractivity contribution is 7.89. The van der Waals surface area contributed by atoms with E-state index < -0.39 is 21.9 Å². The van der Waals surface area contributed by atoms with E-state index in [1.54, 1.807) is 0 Å². The van der Waals surface area contributed by atoms with E-state index in [1.165, 1.54) is 12.1 Å². The van der Waals surface area contributed by atoms with Crippen LogP contribution in [0.1, 0.15) is 22.5 Å². The Labute approximate surface area is 141 Å². The molecule has 1 heterocycles. The normalized spacial score (nSPS) is 11.6. The fourth-order valence-electron chi connectivity index (χ4n) is 2.24. The number of sulfonamides is 1. The number of aromatic amines is 1. The highest BCUT2D eigenvalue weighted by atomic mass is 35.5. The molecule has 0 aliphatic carbocycles. The molecule has 1 amide bonds. The van der Waals surface area contributed by atoms with Crippen LogP contribution in [0.5, 0.6) is 0 Å². The van der Waals surface area contributed by atoms with Gasteiger partial charge in [-0.25, -0.2) is 13.2 Å². The molecule has 0 spiro atoms. The number of carboxylic acid groups (broad SMARTS) is 1. The predicted octanol–water partition coefficient (Wildman–Crippen LogP) is 2.18. The zero-order valence-corrected chi connectivity index (χ0v) is 14.1. The fourth-order valence-corrected chi connectivity index (χ4v) is 3.37. The maximum absolute atomic E-state index is 11.6. The van der Waals surface area contributed by atoms with Crippen LogP contribution >= 0.6 is 23.2 Å². The lowest BCUT2D eigenvalue weighted by atomic mass is 10.1. The summed E-state index contributed by atoms with van der Waals surface area (Å²) in [7, 11) is -3.66. The van der Waals surface area contributed by atoms with Gasteiger partial charge in [0.1, 0.15) is 5.69 Å². The van der Waals surface area contributed by atoms with E-state index in [0.717, 1.165) is 6.26 Å². The second-order valence-corrected chi connectivity index (χ2v) is 7.48. The number of carboxylic acids is 1. The first-order valence-electron chi connectivity index (χ1n) is 6.32. The van der Waals surface area contributed by atoms with Gasteiger partial charge in [0, 0.05) is 22.3 Å². The van der Waals surface area contributed by atoms with E-state index in [0.29, 0.717) is 21.5 Å². The monoisotopic (exact) mass is 378 g/mol. The number of carbonyl (C=O) groups is 2. The molecule has 0 aliphatic rings. The smallest absolute Gasteiger partial charge is 0.352 e. The number of rotatable bonds is 5. The maximum Gasteiger partial charge on any atom is 0.352 e. The molecule has 2 aromatic rings. The number of carbonyl (C=O) groups excluding carboxylic acids is 1. The summed E-state index contributed by atoms with van der Waals surface area (Å²) in [5.41, 5.74) is 0.632. The van der Waals surface area contributed by atoms with Gasteiger partial charge in [0.15, 0.2) is 0 Å². The molecule has 0 unspecified atom stereocenters. The van der Waals surface area contributed by atoms with Crippen molar-refractivity contribution >= 4 is 56.0 Å². The average Bonchev–Trinajstić information content (AvgIpc) is 2.73. The molecule has 0 fully saturated rings. The van der Waals surface area contributed by atoms with Gasteiger partial charge in [0.25, 0.3) is 0 Å². The van der Waals surface area contributed by atoms with Crippen molar-refractivity contribution in [2.45, 2.75) is 12.8 Å². The molecule has 2 rings (SSSR count). The van der Waals surface area contributed by atoms with Crippen LogP contribution in [-0.4, -0.2) is 36.6 Å². The van der Waals surface area contributed by atoms with Gasteiger partial charge < -0.3 is 10.1 Å². The number of amides is 1. The van der Waals surface area contributed by atoms with Crippen LogP contribution < -0.4 is 4.72 Å². The van der Waals surface area contributed by atoms with E-state index in [-0.39, 0.29) is 23.6 Å². The minimum absolute atomic E-state index is 0.00430. The van der Waals surface area contributed by atoms with Crippen molar-refractivity contribution in [3.63, 3.8) is 0 Å². The van der Waals surface area contributed by atoms with Crippen LogP contribution in [0.2, 0.25) is 10.0 Å². The standard InChI is InChI=1S/C13H12Cl2N2O5S/c1-23(21,22)17-10(18)3-2-7-11-8(15)4-6(14)5-9(11)16-12(7)13(19)20/h4-5,16H,2-3H2,1H3,(H,17,18)(H,19,20). The predicted molar refractivity (Wildman–Crippen MR) is 86.6 cm³/mol. The fraction of sp³-hybridized carbons (Fsp3) is 0.231. The molecular weight excluding hydrogens is 367 g/mol. The third-order valence-corrected chi connectivity index (χ3v) is 4.15. The lowest BCUT2D eigenvalue weighted by Gasteiger charge is -2.04. The van der Waals surface area contributed by atoms with Gasteiger partial charge >= 0.3 is 5.97 Å². The van der Waals surface area contributed by atoms with Gasteiger partial charge in [0.05, 0.1) is 11.3 Å². The third kappa shape index (κ3) is 4.15. The van der Waals surface area contributed by atoms with E-state index in [2.05, 4.69) is 4.98 Å². The lowest BCUT2D eigenvalue weighted by molar-refractivity contribution is -0.119. The van der Waals surface area contributed by atoms with Crippen LogP contribution in [-0.2, 0) is 21.2 Å². The van der Waals surface area contributed by atoms with Crippen LogP contribution in [0.3, 0.4) is 0 Å². The Bertz CT molecular complexity index is 905. The molecule has 0 radical (unpaired) electrons. The number of nitrogens with one attached hydrogen (secondary N) is 2. The van der Waals surface area contributed by atoms with Crippen LogP contribution in [0.25, 0.3) is 10.9 Å². The first-order chi connectivity index (χ1) is 10.6. The number of benzene rings is 1. The van der Waals surface area contributed by atoms with Gasteiger partial charge in [-0.05, 0) is 24.1 Å². The second kappa shape index (κ2) is 6.38. The molecule has 0 atom stereocenters. The molecule has 1 aromatic carbocycles. The SMILES string of the molecule is CS(=O)(=O)NC(=O)CCc1c(C(=O)O)[nH]c2cc(Cl)cc(Cl)c12. The molecule has 23 heavy (non-hydrogen) atoms. The Morgan fingerprint density at radius 3 is 2.52 bits per heavy atom. The zero-order chi connectivity index (χ0) is 17.4. The molecule has 0 saturated carbocycles. The Morgan fingerprint density at radius 2 is 1.96 bits per heavy atom. The van der Waals surface area contributed by atoms with Crippen molar-refractivity contribution < 1.29 is 23.1 Å². The summed E-state index contributed by atoms with van der Waals surface area (Å²) in [6.07, 6.45) is 0.655. The lowest BCUT2D eigenvalue weighted by Crippen LogP contribution is -2.29. The van der Waals surface area contributed by atoms with Crippen molar-refractivity contribution in [1.82, 2.24) is 9.71 Å². The number of aromatic nitrogens is 1. The molecule has 1 aromatic heterocycles. The topological polar surface area (TPSA) is 116 Å². The van der Waals surface area contributed by atoms with Crippen molar-refractivity contribution in [3.05, 3.63) is 33.4 Å². The quantitative estimate of drug-likeness (QED) is 0.736. The van der Waals surface area contributed by atoms with Gasteiger partial charge in [-0.2, -0.15) is 0 Å². The van der Waals surface area contributed by atoms with Gasteiger partial charge in [-0.1, -0.05) is 23.2 Å². The van der Waals surface area contributed by atoms with Gasteiger partial charge in [-0.3, -0.25) is 9.52 Å². The van der Waals surface area contributed by atoms with Crippen molar-refractivity contribution in [2.24, 2.45) is 0 Å². The van der Waals surface area contributed by atoms with E-state index in [1.807, 2.05) is 4.72 Å². The van der Waals surface area contributed by atoms with E-state index in [4.69, 9.17) is 23.2 Å². The Kier molecular flexibility index (Phi) is 4.88. The summed E-state index contributed by atoms with van der Waals surface area (Å²) >= 11 is 12.0. The molecule has 7 nitrogen and oxygen atoms in total. The largest absolute Gasteiger partial charge is 0.477 e. The summed E-state index contributed by atoms with van der Waals surface area (Å²) in [5, 5.41) is 10.3. The number of H-pyrrole nitrogens is 1. The van der Waals surface area contributed by atoms with E-state index in [9.17, 15) is 23.1 Å². The molecule has 0 bridgehead atoms. The minimum Gasteiger partial charge on any atom is -0.477 e. The number of hydrogen-bond acceptors (Lipinski definition) is 4. The van der Waals surface area contributed by atoms with Crippen molar-refractivity contribution in [1.29, 1.82) is 0 Å². The van der Waals surface area contributed by atoms with Crippen LogP contribution in [0.4, 0.5) is 0 Å². The van der Waals surface area contributed by atoms with Crippen LogP contribution in [0, 0.1) is 0 Å². The summed E-state index contributed by atoms with van der Waals surface area (Å²) in [6.45, 7) is 0. The summed E-state index contributed by atoms with van der Waals surface area (Å²) in [6, 6.07) is 2.99. The van der Waals surface area contributed by atoms with Crippen molar-refractivity contribution in [2.75, 3.05) is 6.26 Å². The zero-order valence-electron chi connectivity index (χ0n) is 11.8. The number of aromatic carboxylic acids is 1. The number of aryl methyl sites for hydroxylation is 1. The Hall–Kier alpha value is -1.77. The third-order valence-electron chi connectivity index (χ3n) is 3.03. The molecular formula is C13H12Cl2N2O5S.